The number of hydrogen-bond acceptors (Lipinski definition) is 2. The third-order valence-electron chi connectivity index (χ3n) is 2.85. The van der Waals surface area contributed by atoms with Crippen LogP contribution >= 0.6 is 0 Å². The first-order valence-corrected chi connectivity index (χ1v) is 6.82. The van der Waals surface area contributed by atoms with Crippen LogP contribution in [0.3, 0.4) is 0 Å². The molecule has 4 heteroatoms. The van der Waals surface area contributed by atoms with Crippen LogP contribution in [0, 0.1) is 0 Å². The van der Waals surface area contributed by atoms with Crippen LogP contribution in [0.2, 0.25) is 0 Å². The second-order valence-corrected chi connectivity index (χ2v) is 4.70. The first-order valence-electron chi connectivity index (χ1n) is 6.82. The van der Waals surface area contributed by atoms with Crippen molar-refractivity contribution in [1.29, 1.82) is 0 Å². The predicted molar refractivity (Wildman–Crippen MR) is 78.9 cm³/mol. The highest BCUT2D eigenvalue weighted by Gasteiger charge is 2.07. The molecule has 19 heavy (non-hydrogen) atoms. The molecule has 0 bridgehead atoms. The quantitative estimate of drug-likeness (QED) is 0.799. The van der Waals surface area contributed by atoms with Crippen molar-refractivity contribution in [2.24, 2.45) is 0 Å². The zero-order valence-electron chi connectivity index (χ0n) is 12.3. The van der Waals surface area contributed by atoms with Crippen LogP contribution in [0.1, 0.15) is 32.3 Å². The Labute approximate surface area is 115 Å². The molecule has 0 atom stereocenters. The van der Waals surface area contributed by atoms with Gasteiger partial charge in [-0.15, -0.1) is 0 Å². The molecule has 0 saturated heterocycles. The fraction of sp³-hybridized carbons (Fsp3) is 0.533. The van der Waals surface area contributed by atoms with E-state index in [0.717, 1.165) is 42.9 Å². The first kappa shape index (κ1) is 15.3. The van der Waals surface area contributed by atoms with Gasteiger partial charge in [0.1, 0.15) is 5.75 Å². The molecule has 0 fully saturated rings. The molecule has 1 N–H and O–H groups in total. The SMILES string of the molecule is CCCCOc1ccc(NC(=O)N(C)C)cc1CC. The van der Waals surface area contributed by atoms with Crippen molar-refractivity contribution in [3.05, 3.63) is 23.8 Å². The van der Waals surface area contributed by atoms with E-state index >= 15 is 0 Å². The van der Waals surface area contributed by atoms with Crippen molar-refractivity contribution >= 4 is 11.7 Å². The van der Waals surface area contributed by atoms with Crippen molar-refractivity contribution in [3.63, 3.8) is 0 Å². The molecular formula is C15H24N2O2. The number of aryl methyl sites for hydroxylation is 1. The van der Waals surface area contributed by atoms with Crippen molar-refractivity contribution in [2.75, 3.05) is 26.0 Å². The zero-order valence-corrected chi connectivity index (χ0v) is 12.3. The van der Waals surface area contributed by atoms with Crippen molar-refractivity contribution in [2.45, 2.75) is 33.1 Å². The molecule has 0 radical (unpaired) electrons. The Morgan fingerprint density at radius 2 is 2.05 bits per heavy atom. The Morgan fingerprint density at radius 3 is 2.63 bits per heavy atom. The summed E-state index contributed by atoms with van der Waals surface area (Å²) in [6.45, 7) is 4.97. The zero-order chi connectivity index (χ0) is 14.3. The number of hydrogen-bond donors (Lipinski definition) is 1. The number of nitrogens with zero attached hydrogens (tertiary/aromatic N) is 1. The topological polar surface area (TPSA) is 41.6 Å². The second-order valence-electron chi connectivity index (χ2n) is 4.70. The van der Waals surface area contributed by atoms with Gasteiger partial charge >= 0.3 is 6.03 Å². The van der Waals surface area contributed by atoms with Gasteiger partial charge in [0.05, 0.1) is 6.61 Å². The van der Waals surface area contributed by atoms with E-state index in [1.165, 1.54) is 4.90 Å². The lowest BCUT2D eigenvalue weighted by Gasteiger charge is -2.15. The molecule has 0 saturated carbocycles. The molecule has 0 heterocycles. The molecule has 1 rings (SSSR count). The number of unbranched alkanes of at least 4 members (excludes halogenated alkanes) is 1. The van der Waals surface area contributed by atoms with Gasteiger partial charge in [0, 0.05) is 19.8 Å². The number of carbonyl (C=O) groups is 1. The highest BCUT2D eigenvalue weighted by atomic mass is 16.5. The summed E-state index contributed by atoms with van der Waals surface area (Å²) in [5, 5.41) is 2.84. The molecule has 2 amide bonds. The molecule has 0 unspecified atom stereocenters. The van der Waals surface area contributed by atoms with E-state index in [2.05, 4.69) is 19.2 Å². The summed E-state index contributed by atoms with van der Waals surface area (Å²) in [7, 11) is 3.44. The molecule has 1 aromatic rings. The number of ether oxygens (including phenoxy) is 1. The summed E-state index contributed by atoms with van der Waals surface area (Å²) < 4.78 is 5.75. The van der Waals surface area contributed by atoms with Crippen LogP contribution in [0.15, 0.2) is 18.2 Å². The largest absolute Gasteiger partial charge is 0.493 e. The standard InChI is InChI=1S/C15H24N2O2/c1-5-7-10-19-14-9-8-13(11-12(14)6-2)16-15(18)17(3)4/h8-9,11H,5-7,10H2,1-4H3,(H,16,18). The molecule has 0 aliphatic rings. The van der Waals surface area contributed by atoms with E-state index in [-0.39, 0.29) is 6.03 Å². The molecule has 0 aliphatic carbocycles. The minimum Gasteiger partial charge on any atom is -0.493 e. The average Bonchev–Trinajstić information content (AvgIpc) is 2.40. The summed E-state index contributed by atoms with van der Waals surface area (Å²) in [6, 6.07) is 5.66. The minimum atomic E-state index is -0.123. The normalized spacial score (nSPS) is 10.1. The van der Waals surface area contributed by atoms with Gasteiger partial charge < -0.3 is 15.0 Å². The monoisotopic (exact) mass is 264 g/mol. The average molecular weight is 264 g/mol. The maximum Gasteiger partial charge on any atom is 0.321 e. The van der Waals surface area contributed by atoms with E-state index in [9.17, 15) is 4.79 Å². The van der Waals surface area contributed by atoms with E-state index in [4.69, 9.17) is 4.74 Å². The second kappa shape index (κ2) is 7.67. The van der Waals surface area contributed by atoms with Gasteiger partial charge in [-0.1, -0.05) is 20.3 Å². The molecule has 0 spiro atoms. The number of rotatable bonds is 6. The third-order valence-corrected chi connectivity index (χ3v) is 2.85. The summed E-state index contributed by atoms with van der Waals surface area (Å²) in [5.74, 6) is 0.916. The lowest BCUT2D eigenvalue weighted by molar-refractivity contribution is 0.230. The lowest BCUT2D eigenvalue weighted by Crippen LogP contribution is -2.27. The van der Waals surface area contributed by atoms with Crippen molar-refractivity contribution in [1.82, 2.24) is 4.90 Å². The Kier molecular flexibility index (Phi) is 6.19. The van der Waals surface area contributed by atoms with Gasteiger partial charge in [0.2, 0.25) is 0 Å². The Balaban J connectivity index is 2.74. The molecule has 0 aromatic heterocycles. The number of carbonyl (C=O) groups excluding carboxylic acids is 1. The van der Waals surface area contributed by atoms with Crippen LogP contribution in [0.4, 0.5) is 10.5 Å². The van der Waals surface area contributed by atoms with Crippen molar-refractivity contribution < 1.29 is 9.53 Å². The van der Waals surface area contributed by atoms with E-state index < -0.39 is 0 Å². The molecular weight excluding hydrogens is 240 g/mol. The van der Waals surface area contributed by atoms with Gasteiger partial charge in [0.15, 0.2) is 0 Å². The predicted octanol–water partition coefficient (Wildman–Crippen LogP) is 3.52. The summed E-state index contributed by atoms with van der Waals surface area (Å²) in [4.78, 5) is 13.1. The van der Waals surface area contributed by atoms with E-state index in [1.54, 1.807) is 14.1 Å². The molecule has 106 valence electrons. The van der Waals surface area contributed by atoms with Crippen LogP contribution < -0.4 is 10.1 Å². The summed E-state index contributed by atoms with van der Waals surface area (Å²) in [6.07, 6.45) is 3.06. The summed E-state index contributed by atoms with van der Waals surface area (Å²) in [5.41, 5.74) is 1.92. The maximum absolute atomic E-state index is 11.6. The Morgan fingerprint density at radius 1 is 1.32 bits per heavy atom. The van der Waals surface area contributed by atoms with Crippen LogP contribution in [-0.4, -0.2) is 31.6 Å². The Bertz CT molecular complexity index is 417. The van der Waals surface area contributed by atoms with Crippen LogP contribution in [0.25, 0.3) is 0 Å². The molecule has 1 aromatic carbocycles. The third kappa shape index (κ3) is 4.81. The fourth-order valence-corrected chi connectivity index (χ4v) is 1.64. The summed E-state index contributed by atoms with van der Waals surface area (Å²) >= 11 is 0. The van der Waals surface area contributed by atoms with Gasteiger partial charge in [-0.2, -0.15) is 0 Å². The number of anilines is 1. The van der Waals surface area contributed by atoms with Gasteiger partial charge in [0.25, 0.3) is 0 Å². The highest BCUT2D eigenvalue weighted by molar-refractivity contribution is 5.89. The van der Waals surface area contributed by atoms with Gasteiger partial charge in [-0.3, -0.25) is 0 Å². The lowest BCUT2D eigenvalue weighted by atomic mass is 10.1. The number of benzene rings is 1. The van der Waals surface area contributed by atoms with Crippen molar-refractivity contribution in [3.8, 4) is 5.75 Å². The molecule has 0 aliphatic heterocycles. The maximum atomic E-state index is 11.6. The minimum absolute atomic E-state index is 0.123. The number of nitrogens with one attached hydrogen (secondary N) is 1. The van der Waals surface area contributed by atoms with Gasteiger partial charge in [-0.05, 0) is 36.6 Å². The van der Waals surface area contributed by atoms with Crippen LogP contribution in [0.5, 0.6) is 5.75 Å². The van der Waals surface area contributed by atoms with E-state index in [0.29, 0.717) is 0 Å². The molecule has 4 nitrogen and oxygen atoms in total. The number of amides is 2. The van der Waals surface area contributed by atoms with E-state index in [1.807, 2.05) is 18.2 Å². The number of urea groups is 1. The van der Waals surface area contributed by atoms with Gasteiger partial charge in [-0.25, -0.2) is 4.79 Å². The highest BCUT2D eigenvalue weighted by Crippen LogP contribution is 2.23. The van der Waals surface area contributed by atoms with Crippen LogP contribution in [-0.2, 0) is 6.42 Å². The first-order chi connectivity index (χ1) is 9.08. The smallest absolute Gasteiger partial charge is 0.321 e. The Hall–Kier alpha value is -1.71. The fourth-order valence-electron chi connectivity index (χ4n) is 1.64.